The molecule has 8 heteroatoms. The van der Waals surface area contributed by atoms with Crippen LogP contribution in [0.3, 0.4) is 0 Å². The van der Waals surface area contributed by atoms with Crippen molar-refractivity contribution in [2.75, 3.05) is 13.7 Å². The van der Waals surface area contributed by atoms with Gasteiger partial charge in [0.15, 0.2) is 0 Å². The number of hydrogen-bond acceptors (Lipinski definition) is 6. The van der Waals surface area contributed by atoms with Crippen LogP contribution in [0.4, 0.5) is 4.39 Å². The maximum Gasteiger partial charge on any atom is 0.147 e. The van der Waals surface area contributed by atoms with Crippen LogP contribution < -0.4 is 5.32 Å². The second-order valence-corrected chi connectivity index (χ2v) is 9.32. The molecule has 32 heavy (non-hydrogen) atoms. The van der Waals surface area contributed by atoms with E-state index in [9.17, 15) is 4.39 Å². The van der Waals surface area contributed by atoms with Gasteiger partial charge in [0.2, 0.25) is 0 Å². The number of nitrogens with zero attached hydrogens (tertiary/aromatic N) is 4. The Balaban J connectivity index is 1.33. The summed E-state index contributed by atoms with van der Waals surface area (Å²) in [7, 11) is 1.74. The molecule has 1 unspecified atom stereocenters. The summed E-state index contributed by atoms with van der Waals surface area (Å²) in [6.07, 6.45) is 14.1. The lowest BCUT2D eigenvalue weighted by Gasteiger charge is -2.36. The summed E-state index contributed by atoms with van der Waals surface area (Å²) in [5.74, 6) is 1.03. The molecular formula is C24H29ClFN5O. The van der Waals surface area contributed by atoms with Gasteiger partial charge in [-0.25, -0.2) is 9.40 Å². The Hall–Kier alpha value is -2.38. The highest BCUT2D eigenvalue weighted by molar-refractivity contribution is 6.29. The van der Waals surface area contributed by atoms with E-state index in [0.29, 0.717) is 12.3 Å². The van der Waals surface area contributed by atoms with Crippen LogP contribution in [0.5, 0.6) is 0 Å². The Morgan fingerprint density at radius 3 is 2.88 bits per heavy atom. The summed E-state index contributed by atoms with van der Waals surface area (Å²) in [6.45, 7) is 0.678. The lowest BCUT2D eigenvalue weighted by molar-refractivity contribution is 0.154. The van der Waals surface area contributed by atoms with Crippen molar-refractivity contribution >= 4 is 17.9 Å². The van der Waals surface area contributed by atoms with Gasteiger partial charge in [-0.15, -0.1) is 0 Å². The van der Waals surface area contributed by atoms with Crippen LogP contribution >= 0.6 is 11.6 Å². The van der Waals surface area contributed by atoms with E-state index in [2.05, 4.69) is 20.2 Å². The molecule has 0 radical (unpaired) electrons. The molecule has 1 atom stereocenters. The number of hydrazone groups is 1. The maximum atomic E-state index is 14.2. The molecular weight excluding hydrogens is 429 g/mol. The minimum absolute atomic E-state index is 0.173. The second kappa shape index (κ2) is 9.24. The summed E-state index contributed by atoms with van der Waals surface area (Å²) < 4.78 is 19.6. The van der Waals surface area contributed by atoms with Gasteiger partial charge < -0.3 is 15.0 Å². The van der Waals surface area contributed by atoms with E-state index >= 15 is 0 Å². The van der Waals surface area contributed by atoms with Gasteiger partial charge in [0.25, 0.3) is 0 Å². The van der Waals surface area contributed by atoms with Crippen molar-refractivity contribution in [3.05, 3.63) is 64.2 Å². The molecule has 3 heterocycles. The van der Waals surface area contributed by atoms with Gasteiger partial charge in [-0.1, -0.05) is 11.6 Å². The number of rotatable bonds is 5. The average Bonchev–Trinajstić information content (AvgIpc) is 3.16. The number of aromatic nitrogens is 1. The van der Waals surface area contributed by atoms with Gasteiger partial charge in [-0.3, -0.25) is 4.98 Å². The first-order valence-corrected chi connectivity index (χ1v) is 11.8. The molecule has 0 aromatic carbocycles. The molecule has 0 amide bonds. The first-order chi connectivity index (χ1) is 15.7. The zero-order chi connectivity index (χ0) is 22.1. The second-order valence-electron chi connectivity index (χ2n) is 8.83. The number of methoxy groups -OCH3 is 1. The van der Waals surface area contributed by atoms with E-state index in [1.807, 2.05) is 18.6 Å². The van der Waals surface area contributed by atoms with Crippen molar-refractivity contribution in [1.82, 2.24) is 20.2 Å². The third-order valence-electron chi connectivity index (χ3n) is 6.99. The molecule has 5 rings (SSSR count). The lowest BCUT2D eigenvalue weighted by atomic mass is 9.83. The minimum Gasteiger partial charge on any atom is -0.385 e. The molecule has 1 fully saturated rings. The summed E-state index contributed by atoms with van der Waals surface area (Å²) in [6, 6.07) is 3.62. The van der Waals surface area contributed by atoms with Crippen molar-refractivity contribution in [2.45, 2.75) is 62.9 Å². The molecule has 0 spiro atoms. The highest BCUT2D eigenvalue weighted by Crippen LogP contribution is 2.40. The number of allylic oxidation sites excluding steroid dienone is 2. The topological polar surface area (TPSA) is 53.0 Å². The Morgan fingerprint density at radius 2 is 2.09 bits per heavy atom. The number of pyridine rings is 1. The molecule has 170 valence electrons. The predicted molar refractivity (Wildman–Crippen MR) is 123 cm³/mol. The molecule has 4 aliphatic rings. The first-order valence-electron chi connectivity index (χ1n) is 11.4. The first kappa shape index (κ1) is 21.5. The van der Waals surface area contributed by atoms with Gasteiger partial charge in [-0.05, 0) is 68.7 Å². The van der Waals surface area contributed by atoms with Crippen LogP contribution in [-0.4, -0.2) is 47.0 Å². The number of fused-ring (bicyclic) bond motifs is 1. The standard InChI is InChI=1S/C24H29ClFN5O/c1-32-12-10-22-19-9-6-17(25)13-21(19)28-14-23-30(22)15-29-31(23)18-7-4-16(5-8-18)24-20(26)3-2-11-27-24/h2-3,11,13-16,18,22,28H,4-10,12H2,1H3/t16-,18-,22?. The normalized spacial score (nSPS) is 27.4. The van der Waals surface area contributed by atoms with Crippen LogP contribution in [0.25, 0.3) is 0 Å². The number of nitrogens with one attached hydrogen (secondary N) is 1. The molecule has 0 saturated heterocycles. The zero-order valence-electron chi connectivity index (χ0n) is 18.3. The molecule has 1 N–H and O–H groups in total. The molecule has 6 nitrogen and oxygen atoms in total. The van der Waals surface area contributed by atoms with Crippen LogP contribution in [0.1, 0.15) is 56.6 Å². The largest absolute Gasteiger partial charge is 0.385 e. The molecule has 2 aliphatic carbocycles. The van der Waals surface area contributed by atoms with E-state index in [1.54, 1.807) is 19.4 Å². The Bertz CT molecular complexity index is 982. The summed E-state index contributed by atoms with van der Waals surface area (Å²) >= 11 is 6.35. The Kier molecular flexibility index (Phi) is 6.20. The van der Waals surface area contributed by atoms with Gasteiger partial charge in [0.1, 0.15) is 18.0 Å². The predicted octanol–water partition coefficient (Wildman–Crippen LogP) is 4.79. The van der Waals surface area contributed by atoms with E-state index in [1.165, 1.54) is 11.6 Å². The summed E-state index contributed by atoms with van der Waals surface area (Å²) in [5.41, 5.74) is 3.04. The molecule has 1 aromatic rings. The quantitative estimate of drug-likeness (QED) is 0.689. The Morgan fingerprint density at radius 1 is 1.25 bits per heavy atom. The molecule has 1 aromatic heterocycles. The SMILES string of the molecule is COCCC1C2=C(C=C(Cl)CC2)NC=C2N1C=NN2[C@H]1CC[C@H](c2ncccc2F)CC1. The fourth-order valence-corrected chi connectivity index (χ4v) is 5.55. The van der Waals surface area contributed by atoms with Gasteiger partial charge in [0, 0.05) is 42.8 Å². The van der Waals surface area contributed by atoms with Crippen molar-refractivity contribution in [3.63, 3.8) is 0 Å². The van der Waals surface area contributed by atoms with E-state index in [0.717, 1.165) is 61.5 Å². The lowest BCUT2D eigenvalue weighted by Crippen LogP contribution is -2.39. The van der Waals surface area contributed by atoms with Gasteiger partial charge in [0.05, 0.1) is 17.8 Å². The maximum absolute atomic E-state index is 14.2. The highest BCUT2D eigenvalue weighted by atomic mass is 35.5. The third kappa shape index (κ3) is 4.04. The van der Waals surface area contributed by atoms with E-state index in [-0.39, 0.29) is 23.8 Å². The molecule has 0 bridgehead atoms. The van der Waals surface area contributed by atoms with Gasteiger partial charge in [-0.2, -0.15) is 5.10 Å². The van der Waals surface area contributed by atoms with Crippen molar-refractivity contribution < 1.29 is 9.13 Å². The van der Waals surface area contributed by atoms with Crippen molar-refractivity contribution in [1.29, 1.82) is 0 Å². The van der Waals surface area contributed by atoms with Crippen LogP contribution in [0.2, 0.25) is 0 Å². The fraction of sp³-hybridized carbons (Fsp3) is 0.500. The zero-order valence-corrected chi connectivity index (χ0v) is 19.1. The van der Waals surface area contributed by atoms with E-state index < -0.39 is 0 Å². The van der Waals surface area contributed by atoms with Gasteiger partial charge >= 0.3 is 0 Å². The summed E-state index contributed by atoms with van der Waals surface area (Å²) in [5, 5.41) is 11.3. The van der Waals surface area contributed by atoms with Crippen molar-refractivity contribution in [2.24, 2.45) is 5.10 Å². The number of hydrogen-bond donors (Lipinski definition) is 1. The smallest absolute Gasteiger partial charge is 0.147 e. The number of ether oxygens (including phenoxy) is 1. The highest BCUT2D eigenvalue weighted by Gasteiger charge is 2.38. The third-order valence-corrected chi connectivity index (χ3v) is 7.28. The summed E-state index contributed by atoms with van der Waals surface area (Å²) in [4.78, 5) is 6.58. The average molecular weight is 458 g/mol. The van der Waals surface area contributed by atoms with Crippen LogP contribution in [0, 0.1) is 5.82 Å². The minimum atomic E-state index is -0.193. The molecule has 2 aliphatic heterocycles. The van der Waals surface area contributed by atoms with Crippen molar-refractivity contribution in [3.8, 4) is 0 Å². The van der Waals surface area contributed by atoms with E-state index in [4.69, 9.17) is 21.4 Å². The fourth-order valence-electron chi connectivity index (χ4n) is 5.35. The van der Waals surface area contributed by atoms with Crippen LogP contribution in [-0.2, 0) is 4.74 Å². The number of halogens is 2. The van der Waals surface area contributed by atoms with Crippen LogP contribution in [0.15, 0.2) is 57.8 Å². The Labute approximate surface area is 193 Å². The molecule has 1 saturated carbocycles. The monoisotopic (exact) mass is 457 g/mol.